The van der Waals surface area contributed by atoms with Crippen molar-refractivity contribution < 1.29 is 19.1 Å². The Morgan fingerprint density at radius 1 is 1.30 bits per heavy atom. The molecule has 0 aromatic heterocycles. The lowest BCUT2D eigenvalue weighted by atomic mass is 9.92. The summed E-state index contributed by atoms with van der Waals surface area (Å²) in [5.41, 5.74) is 5.96. The number of nitrogens with two attached hydrogens (primary N) is 1. The van der Waals surface area contributed by atoms with E-state index in [1.165, 1.54) is 7.11 Å². The van der Waals surface area contributed by atoms with Crippen molar-refractivity contribution in [2.24, 2.45) is 11.7 Å². The van der Waals surface area contributed by atoms with Gasteiger partial charge in [0.1, 0.15) is 0 Å². The molecule has 1 amide bonds. The zero-order chi connectivity index (χ0) is 14.8. The van der Waals surface area contributed by atoms with Crippen molar-refractivity contribution in [3.63, 3.8) is 0 Å². The molecule has 20 heavy (non-hydrogen) atoms. The van der Waals surface area contributed by atoms with Crippen molar-refractivity contribution in [3.05, 3.63) is 0 Å². The SMILES string of the molecule is COC(=O)CCCCCNC(=O)C(N)C1CCOCC1. The number of rotatable bonds is 8. The highest BCUT2D eigenvalue weighted by Crippen LogP contribution is 2.17. The third-order valence-electron chi connectivity index (χ3n) is 3.66. The molecular weight excluding hydrogens is 260 g/mol. The van der Waals surface area contributed by atoms with Gasteiger partial charge in [-0.25, -0.2) is 0 Å². The van der Waals surface area contributed by atoms with Gasteiger partial charge in [0.15, 0.2) is 0 Å². The zero-order valence-electron chi connectivity index (χ0n) is 12.2. The molecule has 0 aliphatic carbocycles. The number of carbonyl (C=O) groups excluding carboxylic acids is 2. The lowest BCUT2D eigenvalue weighted by molar-refractivity contribution is -0.140. The minimum atomic E-state index is -0.436. The van der Waals surface area contributed by atoms with Gasteiger partial charge in [0, 0.05) is 26.2 Å². The summed E-state index contributed by atoms with van der Waals surface area (Å²) in [5, 5.41) is 2.86. The van der Waals surface area contributed by atoms with Crippen LogP contribution in [0.5, 0.6) is 0 Å². The van der Waals surface area contributed by atoms with Gasteiger partial charge < -0.3 is 20.5 Å². The van der Waals surface area contributed by atoms with Crippen LogP contribution in [0.15, 0.2) is 0 Å². The van der Waals surface area contributed by atoms with Gasteiger partial charge in [-0.2, -0.15) is 0 Å². The molecule has 1 aliphatic heterocycles. The average molecular weight is 286 g/mol. The highest BCUT2D eigenvalue weighted by Gasteiger charge is 2.26. The summed E-state index contributed by atoms with van der Waals surface area (Å²) in [6.07, 6.45) is 4.67. The van der Waals surface area contributed by atoms with E-state index in [-0.39, 0.29) is 17.8 Å². The van der Waals surface area contributed by atoms with E-state index in [4.69, 9.17) is 10.5 Å². The maximum absolute atomic E-state index is 11.9. The first-order valence-corrected chi connectivity index (χ1v) is 7.33. The molecule has 0 saturated carbocycles. The molecule has 0 aromatic carbocycles. The van der Waals surface area contributed by atoms with Crippen molar-refractivity contribution in [2.75, 3.05) is 26.9 Å². The molecular formula is C14H26N2O4. The van der Waals surface area contributed by atoms with Gasteiger partial charge in [-0.15, -0.1) is 0 Å². The molecule has 1 saturated heterocycles. The molecule has 0 aromatic rings. The quantitative estimate of drug-likeness (QED) is 0.503. The van der Waals surface area contributed by atoms with Crippen LogP contribution in [-0.4, -0.2) is 44.8 Å². The summed E-state index contributed by atoms with van der Waals surface area (Å²) in [5.74, 6) is -0.0384. The first kappa shape index (κ1) is 16.9. The molecule has 3 N–H and O–H groups in total. The van der Waals surface area contributed by atoms with Gasteiger partial charge in [-0.1, -0.05) is 6.42 Å². The Kier molecular flexibility index (Phi) is 8.22. The Morgan fingerprint density at radius 3 is 2.65 bits per heavy atom. The van der Waals surface area contributed by atoms with Crippen LogP contribution in [0, 0.1) is 5.92 Å². The number of esters is 1. The van der Waals surface area contributed by atoms with Gasteiger partial charge in [-0.3, -0.25) is 9.59 Å². The molecule has 0 spiro atoms. The molecule has 0 radical (unpaired) electrons. The fourth-order valence-corrected chi connectivity index (χ4v) is 2.29. The minimum absolute atomic E-state index is 0.0788. The number of hydrogen-bond acceptors (Lipinski definition) is 5. The van der Waals surface area contributed by atoms with Crippen LogP contribution in [-0.2, 0) is 19.1 Å². The van der Waals surface area contributed by atoms with Crippen LogP contribution in [0.2, 0.25) is 0 Å². The molecule has 1 aliphatic rings. The van der Waals surface area contributed by atoms with Crippen molar-refractivity contribution in [2.45, 2.75) is 44.6 Å². The standard InChI is InChI=1S/C14H26N2O4/c1-19-12(17)5-3-2-4-8-16-14(18)13(15)11-6-9-20-10-7-11/h11,13H,2-10,15H2,1H3,(H,16,18). The predicted octanol–water partition coefficient (Wildman–Crippen LogP) is 0.590. The summed E-state index contributed by atoms with van der Waals surface area (Å²) in [6.45, 7) is 2.00. The highest BCUT2D eigenvalue weighted by molar-refractivity contribution is 5.81. The number of amides is 1. The average Bonchev–Trinajstić information content (AvgIpc) is 2.50. The minimum Gasteiger partial charge on any atom is -0.469 e. The lowest BCUT2D eigenvalue weighted by Crippen LogP contribution is -2.47. The second kappa shape index (κ2) is 9.72. The molecule has 0 bridgehead atoms. The number of ether oxygens (including phenoxy) is 2. The van der Waals surface area contributed by atoms with Crippen molar-refractivity contribution in [1.82, 2.24) is 5.32 Å². The smallest absolute Gasteiger partial charge is 0.305 e. The molecule has 6 heteroatoms. The number of carbonyl (C=O) groups is 2. The van der Waals surface area contributed by atoms with Crippen LogP contribution >= 0.6 is 0 Å². The first-order valence-electron chi connectivity index (χ1n) is 7.33. The number of hydrogen-bond donors (Lipinski definition) is 2. The van der Waals surface area contributed by atoms with Gasteiger partial charge in [-0.05, 0) is 31.6 Å². The Bertz CT molecular complexity index is 304. The number of unbranched alkanes of at least 4 members (excludes halogenated alkanes) is 2. The molecule has 116 valence electrons. The fraction of sp³-hybridized carbons (Fsp3) is 0.857. The summed E-state index contributed by atoms with van der Waals surface area (Å²) in [4.78, 5) is 22.8. The van der Waals surface area contributed by atoms with E-state index in [0.29, 0.717) is 26.2 Å². The summed E-state index contributed by atoms with van der Waals surface area (Å²) >= 11 is 0. The van der Waals surface area contributed by atoms with Crippen molar-refractivity contribution >= 4 is 11.9 Å². The van der Waals surface area contributed by atoms with Crippen LogP contribution in [0.3, 0.4) is 0 Å². The monoisotopic (exact) mass is 286 g/mol. The molecule has 1 atom stereocenters. The van der Waals surface area contributed by atoms with E-state index in [1.807, 2.05) is 0 Å². The Morgan fingerprint density at radius 2 is 2.00 bits per heavy atom. The molecule has 6 nitrogen and oxygen atoms in total. The second-order valence-electron chi connectivity index (χ2n) is 5.15. The zero-order valence-corrected chi connectivity index (χ0v) is 12.2. The van der Waals surface area contributed by atoms with Crippen LogP contribution in [0.4, 0.5) is 0 Å². The topological polar surface area (TPSA) is 90.7 Å². The highest BCUT2D eigenvalue weighted by atomic mass is 16.5. The Hall–Kier alpha value is -1.14. The largest absolute Gasteiger partial charge is 0.469 e. The summed E-state index contributed by atoms with van der Waals surface area (Å²) < 4.78 is 9.82. The van der Waals surface area contributed by atoms with Gasteiger partial charge in [0.25, 0.3) is 0 Å². The van der Waals surface area contributed by atoms with E-state index < -0.39 is 6.04 Å². The van der Waals surface area contributed by atoms with Gasteiger partial charge >= 0.3 is 5.97 Å². The maximum atomic E-state index is 11.9. The van der Waals surface area contributed by atoms with Crippen molar-refractivity contribution in [1.29, 1.82) is 0 Å². The molecule has 1 fully saturated rings. The Balaban J connectivity index is 2.05. The normalized spacial score (nSPS) is 17.5. The molecule has 1 unspecified atom stereocenters. The second-order valence-corrected chi connectivity index (χ2v) is 5.15. The van der Waals surface area contributed by atoms with E-state index in [1.54, 1.807) is 0 Å². The van der Waals surface area contributed by atoms with Crippen molar-refractivity contribution in [3.8, 4) is 0 Å². The fourth-order valence-electron chi connectivity index (χ4n) is 2.29. The van der Waals surface area contributed by atoms with Gasteiger partial charge in [0.05, 0.1) is 13.2 Å². The number of nitrogens with one attached hydrogen (secondary N) is 1. The van der Waals surface area contributed by atoms with E-state index in [2.05, 4.69) is 10.1 Å². The molecule has 1 rings (SSSR count). The first-order chi connectivity index (χ1) is 9.65. The lowest BCUT2D eigenvalue weighted by Gasteiger charge is -2.26. The summed E-state index contributed by atoms with van der Waals surface area (Å²) in [6, 6.07) is -0.436. The van der Waals surface area contributed by atoms with Crippen LogP contribution < -0.4 is 11.1 Å². The third kappa shape index (κ3) is 6.34. The van der Waals surface area contributed by atoms with E-state index >= 15 is 0 Å². The molecule has 1 heterocycles. The third-order valence-corrected chi connectivity index (χ3v) is 3.66. The number of methoxy groups -OCH3 is 1. The summed E-state index contributed by atoms with van der Waals surface area (Å²) in [7, 11) is 1.39. The predicted molar refractivity (Wildman–Crippen MR) is 75.0 cm³/mol. The van der Waals surface area contributed by atoms with Crippen LogP contribution in [0.1, 0.15) is 38.5 Å². The van der Waals surface area contributed by atoms with E-state index in [9.17, 15) is 9.59 Å². The van der Waals surface area contributed by atoms with Crippen LogP contribution in [0.25, 0.3) is 0 Å². The van der Waals surface area contributed by atoms with E-state index in [0.717, 1.165) is 32.1 Å². The maximum Gasteiger partial charge on any atom is 0.305 e. The Labute approximate surface area is 120 Å². The van der Waals surface area contributed by atoms with Gasteiger partial charge in [0.2, 0.25) is 5.91 Å².